The van der Waals surface area contributed by atoms with Gasteiger partial charge in [-0.25, -0.2) is 4.98 Å². The van der Waals surface area contributed by atoms with Gasteiger partial charge < -0.3 is 0 Å². The Labute approximate surface area is 130 Å². The summed E-state index contributed by atoms with van der Waals surface area (Å²) in [5.74, 6) is 0.898. The topological polar surface area (TPSA) is 17.8 Å². The lowest BCUT2D eigenvalue weighted by Gasteiger charge is -2.14. The molecule has 3 heteroatoms. The van der Waals surface area contributed by atoms with Crippen LogP contribution in [0.2, 0.25) is 0 Å². The minimum Gasteiger partial charge on any atom is -0.295 e. The molecule has 0 aliphatic carbocycles. The Morgan fingerprint density at radius 3 is 2.38 bits per heavy atom. The van der Waals surface area contributed by atoms with Crippen molar-refractivity contribution in [3.05, 3.63) is 58.9 Å². The van der Waals surface area contributed by atoms with Crippen LogP contribution in [-0.2, 0) is 0 Å². The Balaban J connectivity index is 2.43. The number of para-hydroxylation sites is 1. The van der Waals surface area contributed by atoms with Gasteiger partial charge in [-0.3, -0.25) is 4.57 Å². The zero-order valence-electron chi connectivity index (χ0n) is 12.8. The van der Waals surface area contributed by atoms with Gasteiger partial charge in [0.25, 0.3) is 0 Å². The average Bonchev–Trinajstić information content (AvgIpc) is 2.83. The summed E-state index contributed by atoms with van der Waals surface area (Å²) in [5.41, 5.74) is 7.01. The van der Waals surface area contributed by atoms with Crippen molar-refractivity contribution < 1.29 is 0 Å². The van der Waals surface area contributed by atoms with Crippen molar-refractivity contribution in [1.82, 2.24) is 9.55 Å². The maximum absolute atomic E-state index is 6.39. The van der Waals surface area contributed by atoms with Gasteiger partial charge in [-0.05, 0) is 56.5 Å². The molecule has 0 radical (unpaired) electrons. The van der Waals surface area contributed by atoms with Gasteiger partial charge in [0.1, 0.15) is 5.82 Å². The van der Waals surface area contributed by atoms with Crippen molar-refractivity contribution in [2.45, 2.75) is 33.1 Å². The maximum atomic E-state index is 6.39. The molecular weight excluding hydrogens is 280 g/mol. The minimum atomic E-state index is -0.142. The summed E-state index contributed by atoms with van der Waals surface area (Å²) >= 11 is 6.39. The molecule has 1 heterocycles. The summed E-state index contributed by atoms with van der Waals surface area (Å²) in [5, 5.41) is -0.142. The number of aryl methyl sites for hydroxylation is 2. The molecule has 1 atom stereocenters. The molecule has 0 aliphatic rings. The standard InChI is InChI=1S/C18H19ClN2/c1-11-7-5-9-15(13(11)3)21-16-10-6-8-12(2)17(16)20-18(21)14(4)19/h5-10,14H,1-4H3. The Bertz CT molecular complexity index is 815. The lowest BCUT2D eigenvalue weighted by molar-refractivity contribution is 0.877. The van der Waals surface area contributed by atoms with Crippen LogP contribution in [0.25, 0.3) is 16.7 Å². The number of benzene rings is 2. The van der Waals surface area contributed by atoms with E-state index in [0.29, 0.717) is 0 Å². The highest BCUT2D eigenvalue weighted by atomic mass is 35.5. The third-order valence-corrected chi connectivity index (χ3v) is 4.28. The zero-order chi connectivity index (χ0) is 15.1. The van der Waals surface area contributed by atoms with E-state index >= 15 is 0 Å². The number of hydrogen-bond acceptors (Lipinski definition) is 1. The number of halogens is 1. The quantitative estimate of drug-likeness (QED) is 0.591. The molecule has 2 nitrogen and oxygen atoms in total. The molecule has 0 amide bonds. The number of imidazole rings is 1. The molecule has 0 aliphatic heterocycles. The molecule has 21 heavy (non-hydrogen) atoms. The van der Waals surface area contributed by atoms with Gasteiger partial charge in [0, 0.05) is 0 Å². The van der Waals surface area contributed by atoms with Gasteiger partial charge in [0.05, 0.1) is 22.1 Å². The predicted molar refractivity (Wildman–Crippen MR) is 89.5 cm³/mol. The van der Waals surface area contributed by atoms with Crippen molar-refractivity contribution in [2.75, 3.05) is 0 Å². The number of alkyl halides is 1. The summed E-state index contributed by atoms with van der Waals surface area (Å²) in [6.07, 6.45) is 0. The summed E-state index contributed by atoms with van der Waals surface area (Å²) in [6, 6.07) is 12.6. The molecule has 1 unspecified atom stereocenters. The highest BCUT2D eigenvalue weighted by Crippen LogP contribution is 2.31. The second-order valence-electron chi connectivity index (χ2n) is 5.58. The first kappa shape index (κ1) is 14.2. The van der Waals surface area contributed by atoms with Crippen LogP contribution in [0.4, 0.5) is 0 Å². The van der Waals surface area contributed by atoms with Gasteiger partial charge in [0.15, 0.2) is 0 Å². The monoisotopic (exact) mass is 298 g/mol. The van der Waals surface area contributed by atoms with E-state index in [1.54, 1.807) is 0 Å². The van der Waals surface area contributed by atoms with Gasteiger partial charge in [-0.1, -0.05) is 24.3 Å². The van der Waals surface area contributed by atoms with Gasteiger partial charge in [0.2, 0.25) is 0 Å². The smallest absolute Gasteiger partial charge is 0.132 e. The number of aromatic nitrogens is 2. The Kier molecular flexibility index (Phi) is 3.50. The van der Waals surface area contributed by atoms with Gasteiger partial charge in [-0.2, -0.15) is 0 Å². The highest BCUT2D eigenvalue weighted by Gasteiger charge is 2.18. The molecule has 0 fully saturated rings. The van der Waals surface area contributed by atoms with Crippen LogP contribution in [0, 0.1) is 20.8 Å². The fourth-order valence-electron chi connectivity index (χ4n) is 2.76. The van der Waals surface area contributed by atoms with Crippen LogP contribution in [0.15, 0.2) is 36.4 Å². The number of nitrogens with zero attached hydrogens (tertiary/aromatic N) is 2. The second-order valence-corrected chi connectivity index (χ2v) is 6.24. The Morgan fingerprint density at radius 1 is 1.00 bits per heavy atom. The Morgan fingerprint density at radius 2 is 1.67 bits per heavy atom. The fraction of sp³-hybridized carbons (Fsp3) is 0.278. The SMILES string of the molecule is Cc1cccc(-n2c(C(C)Cl)nc3c(C)cccc32)c1C. The van der Waals surface area contributed by atoms with E-state index in [2.05, 4.69) is 61.7 Å². The number of fused-ring (bicyclic) bond motifs is 1. The van der Waals surface area contributed by atoms with Crippen LogP contribution >= 0.6 is 11.6 Å². The molecule has 2 aromatic carbocycles. The van der Waals surface area contributed by atoms with Crippen LogP contribution in [0.5, 0.6) is 0 Å². The first-order chi connectivity index (χ1) is 10.0. The lowest BCUT2D eigenvalue weighted by atomic mass is 10.1. The molecule has 1 aromatic heterocycles. The minimum absolute atomic E-state index is 0.142. The van der Waals surface area contributed by atoms with Crippen molar-refractivity contribution in [2.24, 2.45) is 0 Å². The van der Waals surface area contributed by atoms with E-state index in [0.717, 1.165) is 22.5 Å². The zero-order valence-corrected chi connectivity index (χ0v) is 13.6. The summed E-state index contributed by atoms with van der Waals surface area (Å²) in [4.78, 5) is 4.79. The normalized spacial score (nSPS) is 12.8. The van der Waals surface area contributed by atoms with Crippen LogP contribution in [-0.4, -0.2) is 9.55 Å². The van der Waals surface area contributed by atoms with E-state index in [4.69, 9.17) is 16.6 Å². The van der Waals surface area contributed by atoms with Crippen molar-refractivity contribution in [3.63, 3.8) is 0 Å². The summed E-state index contributed by atoms with van der Waals surface area (Å²) in [6.45, 7) is 8.34. The first-order valence-corrected chi connectivity index (χ1v) is 7.63. The summed E-state index contributed by atoms with van der Waals surface area (Å²) < 4.78 is 2.20. The Hall–Kier alpha value is -1.80. The predicted octanol–water partition coefficient (Wildman–Crippen LogP) is 5.25. The van der Waals surface area contributed by atoms with Crippen LogP contribution in [0.3, 0.4) is 0 Å². The summed E-state index contributed by atoms with van der Waals surface area (Å²) in [7, 11) is 0. The third kappa shape index (κ3) is 2.24. The van der Waals surface area contributed by atoms with Gasteiger partial charge >= 0.3 is 0 Å². The molecule has 3 rings (SSSR count). The first-order valence-electron chi connectivity index (χ1n) is 7.19. The molecule has 0 saturated carbocycles. The molecule has 3 aromatic rings. The van der Waals surface area contributed by atoms with Crippen molar-refractivity contribution in [3.8, 4) is 5.69 Å². The van der Waals surface area contributed by atoms with E-state index in [-0.39, 0.29) is 5.38 Å². The van der Waals surface area contributed by atoms with Crippen molar-refractivity contribution in [1.29, 1.82) is 0 Å². The largest absolute Gasteiger partial charge is 0.295 e. The van der Waals surface area contributed by atoms with Crippen LogP contribution < -0.4 is 0 Å². The third-order valence-electron chi connectivity index (χ3n) is 4.09. The van der Waals surface area contributed by atoms with E-state index in [1.165, 1.54) is 16.7 Å². The maximum Gasteiger partial charge on any atom is 0.132 e. The molecule has 0 N–H and O–H groups in total. The molecular formula is C18H19ClN2. The second kappa shape index (κ2) is 5.19. The van der Waals surface area contributed by atoms with Crippen molar-refractivity contribution >= 4 is 22.6 Å². The highest BCUT2D eigenvalue weighted by molar-refractivity contribution is 6.20. The van der Waals surface area contributed by atoms with E-state index < -0.39 is 0 Å². The number of rotatable bonds is 2. The average molecular weight is 299 g/mol. The van der Waals surface area contributed by atoms with E-state index in [1.807, 2.05) is 6.92 Å². The molecule has 108 valence electrons. The molecule has 0 saturated heterocycles. The fourth-order valence-corrected chi connectivity index (χ4v) is 2.90. The molecule has 0 spiro atoms. The lowest BCUT2D eigenvalue weighted by Crippen LogP contribution is -2.04. The van der Waals surface area contributed by atoms with Gasteiger partial charge in [-0.15, -0.1) is 11.6 Å². The van der Waals surface area contributed by atoms with E-state index in [9.17, 15) is 0 Å². The molecule has 0 bridgehead atoms. The van der Waals surface area contributed by atoms with Crippen LogP contribution in [0.1, 0.15) is 34.8 Å². The number of hydrogen-bond donors (Lipinski definition) is 0.